The van der Waals surface area contributed by atoms with Gasteiger partial charge in [-0.1, -0.05) is 6.92 Å². The minimum atomic E-state index is -0.722. The number of aliphatic hydroxyl groups is 3. The second-order valence-electron chi connectivity index (χ2n) is 3.12. The zero-order valence-electron chi connectivity index (χ0n) is 6.07. The van der Waals surface area contributed by atoms with E-state index in [1.54, 1.807) is 0 Å². The fourth-order valence-corrected chi connectivity index (χ4v) is 1.61. The zero-order chi connectivity index (χ0) is 7.72. The molecule has 0 unspecified atom stereocenters. The van der Waals surface area contributed by atoms with Gasteiger partial charge in [-0.15, -0.1) is 0 Å². The van der Waals surface area contributed by atoms with Gasteiger partial charge in [0, 0.05) is 12.5 Å². The van der Waals surface area contributed by atoms with Gasteiger partial charge in [-0.3, -0.25) is 0 Å². The largest absolute Gasteiger partial charge is 0.396 e. The maximum Gasteiger partial charge on any atom is 0.0851 e. The van der Waals surface area contributed by atoms with Crippen molar-refractivity contribution in [3.8, 4) is 0 Å². The van der Waals surface area contributed by atoms with Gasteiger partial charge in [-0.2, -0.15) is 0 Å². The van der Waals surface area contributed by atoms with Crippen LogP contribution in [0.25, 0.3) is 0 Å². The lowest BCUT2D eigenvalue weighted by atomic mass is 9.98. The van der Waals surface area contributed by atoms with E-state index in [0.29, 0.717) is 6.42 Å². The maximum atomic E-state index is 9.22. The van der Waals surface area contributed by atoms with Crippen LogP contribution < -0.4 is 0 Å². The van der Waals surface area contributed by atoms with Crippen molar-refractivity contribution < 1.29 is 15.3 Å². The molecule has 0 radical (unpaired) electrons. The van der Waals surface area contributed by atoms with Gasteiger partial charge in [0.05, 0.1) is 12.2 Å². The minimum Gasteiger partial charge on any atom is -0.396 e. The van der Waals surface area contributed by atoms with Gasteiger partial charge in [0.1, 0.15) is 0 Å². The van der Waals surface area contributed by atoms with Crippen molar-refractivity contribution in [2.45, 2.75) is 25.6 Å². The highest BCUT2D eigenvalue weighted by atomic mass is 16.3. The first kappa shape index (κ1) is 7.98. The summed E-state index contributed by atoms with van der Waals surface area (Å²) in [5.41, 5.74) is 0. The Morgan fingerprint density at radius 1 is 1.40 bits per heavy atom. The molecule has 0 aromatic carbocycles. The molecule has 0 aromatic rings. The Bertz CT molecular complexity index is 115. The number of aliphatic hydroxyl groups excluding tert-OH is 3. The van der Waals surface area contributed by atoms with Crippen molar-refractivity contribution in [3.63, 3.8) is 0 Å². The molecule has 0 heterocycles. The molecule has 1 fully saturated rings. The molecule has 1 saturated carbocycles. The number of rotatable bonds is 1. The van der Waals surface area contributed by atoms with Crippen LogP contribution in [0.4, 0.5) is 0 Å². The molecule has 1 aliphatic carbocycles. The molecule has 3 nitrogen and oxygen atoms in total. The van der Waals surface area contributed by atoms with Crippen molar-refractivity contribution >= 4 is 0 Å². The van der Waals surface area contributed by atoms with Crippen molar-refractivity contribution in [2.75, 3.05) is 6.61 Å². The first-order chi connectivity index (χ1) is 4.66. The number of hydrogen-bond donors (Lipinski definition) is 3. The lowest BCUT2D eigenvalue weighted by molar-refractivity contribution is 0.00401. The molecule has 0 amide bonds. The van der Waals surface area contributed by atoms with Crippen LogP contribution in [0.3, 0.4) is 0 Å². The third kappa shape index (κ3) is 1.17. The SMILES string of the molecule is C[C@@H]1C[C@@H](O)[C@H](O)[C@H]1CO. The van der Waals surface area contributed by atoms with Gasteiger partial charge in [0.15, 0.2) is 0 Å². The van der Waals surface area contributed by atoms with Crippen molar-refractivity contribution in [2.24, 2.45) is 11.8 Å². The van der Waals surface area contributed by atoms with E-state index in [4.69, 9.17) is 10.2 Å². The second kappa shape index (κ2) is 2.86. The van der Waals surface area contributed by atoms with Crippen molar-refractivity contribution in [3.05, 3.63) is 0 Å². The summed E-state index contributed by atoms with van der Waals surface area (Å²) in [5.74, 6) is 0.102. The van der Waals surface area contributed by atoms with Crippen LogP contribution >= 0.6 is 0 Å². The molecule has 0 spiro atoms. The third-order valence-corrected chi connectivity index (χ3v) is 2.39. The average molecular weight is 146 g/mol. The molecule has 0 aliphatic heterocycles. The fourth-order valence-electron chi connectivity index (χ4n) is 1.61. The first-order valence-electron chi connectivity index (χ1n) is 3.63. The Morgan fingerprint density at radius 3 is 2.20 bits per heavy atom. The van der Waals surface area contributed by atoms with Crippen molar-refractivity contribution in [1.29, 1.82) is 0 Å². The van der Waals surface area contributed by atoms with Crippen LogP contribution in [0.5, 0.6) is 0 Å². The Kier molecular flexibility index (Phi) is 2.28. The molecule has 1 rings (SSSR count). The predicted octanol–water partition coefficient (Wildman–Crippen LogP) is -0.644. The van der Waals surface area contributed by atoms with Gasteiger partial charge < -0.3 is 15.3 Å². The van der Waals surface area contributed by atoms with E-state index in [0.717, 1.165) is 0 Å². The lowest BCUT2D eigenvalue weighted by Crippen LogP contribution is -2.28. The zero-order valence-corrected chi connectivity index (χ0v) is 6.07. The van der Waals surface area contributed by atoms with E-state index in [1.807, 2.05) is 6.92 Å². The molecule has 0 aromatic heterocycles. The lowest BCUT2D eigenvalue weighted by Gasteiger charge is -2.15. The maximum absolute atomic E-state index is 9.22. The van der Waals surface area contributed by atoms with Gasteiger partial charge in [0.2, 0.25) is 0 Å². The summed E-state index contributed by atoms with van der Waals surface area (Å²) in [6, 6.07) is 0. The quantitative estimate of drug-likeness (QED) is 0.461. The van der Waals surface area contributed by atoms with E-state index < -0.39 is 12.2 Å². The van der Waals surface area contributed by atoms with Crippen molar-refractivity contribution in [1.82, 2.24) is 0 Å². The smallest absolute Gasteiger partial charge is 0.0851 e. The summed E-state index contributed by atoms with van der Waals surface area (Å²) in [6.07, 6.45) is -0.751. The van der Waals surface area contributed by atoms with E-state index in [-0.39, 0.29) is 18.4 Å². The molecule has 1 aliphatic rings. The average Bonchev–Trinajstić information content (AvgIpc) is 2.09. The number of hydrogen-bond acceptors (Lipinski definition) is 3. The normalized spacial score (nSPS) is 48.0. The summed E-state index contributed by atoms with van der Waals surface area (Å²) < 4.78 is 0. The highest BCUT2D eigenvalue weighted by molar-refractivity contribution is 4.88. The van der Waals surface area contributed by atoms with Crippen LogP contribution in [-0.4, -0.2) is 34.1 Å². The van der Waals surface area contributed by atoms with Gasteiger partial charge in [-0.25, -0.2) is 0 Å². The molecule has 3 heteroatoms. The standard InChI is InChI=1S/C7H14O3/c1-4-2-6(9)7(10)5(4)3-8/h4-10H,2-3H2,1H3/t4-,5+,6-,7-/m1/s1. The summed E-state index contributed by atoms with van der Waals surface area (Å²) in [5, 5.41) is 27.1. The molecule has 0 bridgehead atoms. The Balaban J connectivity index is 2.55. The Labute approximate surface area is 60.3 Å². The third-order valence-electron chi connectivity index (χ3n) is 2.39. The summed E-state index contributed by atoms with van der Waals surface area (Å²) in [4.78, 5) is 0. The minimum absolute atomic E-state index is 0.0284. The van der Waals surface area contributed by atoms with Crippen LogP contribution in [0.2, 0.25) is 0 Å². The topological polar surface area (TPSA) is 60.7 Å². The molecule has 0 saturated heterocycles. The van der Waals surface area contributed by atoms with E-state index >= 15 is 0 Å². The highest BCUT2D eigenvalue weighted by Gasteiger charge is 2.38. The second-order valence-corrected chi connectivity index (χ2v) is 3.12. The van der Waals surface area contributed by atoms with Gasteiger partial charge >= 0.3 is 0 Å². The van der Waals surface area contributed by atoms with E-state index in [1.165, 1.54) is 0 Å². The Hall–Kier alpha value is -0.120. The van der Waals surface area contributed by atoms with Gasteiger partial charge in [-0.05, 0) is 12.3 Å². The van der Waals surface area contributed by atoms with Crippen LogP contribution in [-0.2, 0) is 0 Å². The van der Waals surface area contributed by atoms with Crippen LogP contribution in [0, 0.1) is 11.8 Å². The molecule has 4 atom stereocenters. The predicted molar refractivity (Wildman–Crippen MR) is 36.4 cm³/mol. The Morgan fingerprint density at radius 2 is 2.00 bits per heavy atom. The summed E-state index contributed by atoms with van der Waals surface area (Å²) in [6.45, 7) is 1.90. The van der Waals surface area contributed by atoms with Crippen LogP contribution in [0.1, 0.15) is 13.3 Å². The van der Waals surface area contributed by atoms with Gasteiger partial charge in [0.25, 0.3) is 0 Å². The summed E-state index contributed by atoms with van der Waals surface area (Å²) in [7, 11) is 0. The fraction of sp³-hybridized carbons (Fsp3) is 1.00. The highest BCUT2D eigenvalue weighted by Crippen LogP contribution is 2.31. The monoisotopic (exact) mass is 146 g/mol. The molecule has 3 N–H and O–H groups in total. The molecular formula is C7H14O3. The molecular weight excluding hydrogens is 132 g/mol. The molecule has 10 heavy (non-hydrogen) atoms. The summed E-state index contributed by atoms with van der Waals surface area (Å²) >= 11 is 0. The first-order valence-corrected chi connectivity index (χ1v) is 3.63. The van der Waals surface area contributed by atoms with E-state index in [9.17, 15) is 5.11 Å². The molecule has 60 valence electrons. The van der Waals surface area contributed by atoms with E-state index in [2.05, 4.69) is 0 Å². The van der Waals surface area contributed by atoms with Crippen LogP contribution in [0.15, 0.2) is 0 Å².